The fraction of sp³-hybridized carbons (Fsp3) is 0.154. The Balaban J connectivity index is 1.62. The molecular formula is C26H18Cl2FI2NO4. The number of amides is 1. The highest BCUT2D eigenvalue weighted by Crippen LogP contribution is 2.38. The summed E-state index contributed by atoms with van der Waals surface area (Å²) in [5.74, 6) is -1.45. The highest BCUT2D eigenvalue weighted by atomic mass is 127. The number of ether oxygens (including phenoxy) is 1. The second-order valence-corrected chi connectivity index (χ2v) is 11.1. The number of aliphatic carboxylic acids is 1. The molecular weight excluding hydrogens is 734 g/mol. The van der Waals surface area contributed by atoms with E-state index in [0.29, 0.717) is 15.8 Å². The molecule has 0 aromatic heterocycles. The van der Waals surface area contributed by atoms with Crippen LogP contribution >= 0.6 is 68.4 Å². The zero-order chi connectivity index (χ0) is 26.0. The monoisotopic (exact) mass is 751 g/mol. The number of rotatable bonds is 6. The zero-order valence-electron chi connectivity index (χ0n) is 18.5. The van der Waals surface area contributed by atoms with Gasteiger partial charge in [-0.3, -0.25) is 4.79 Å². The summed E-state index contributed by atoms with van der Waals surface area (Å²) in [6, 6.07) is 12.1. The van der Waals surface area contributed by atoms with Crippen molar-refractivity contribution in [2.45, 2.75) is 25.6 Å². The van der Waals surface area contributed by atoms with Crippen molar-refractivity contribution in [1.29, 1.82) is 0 Å². The summed E-state index contributed by atoms with van der Waals surface area (Å²) in [6.07, 6.45) is 2.72. The van der Waals surface area contributed by atoms with Gasteiger partial charge in [-0.1, -0.05) is 47.5 Å². The SMILES string of the molecule is O=C(O)[C@@H]1Cc2cc(I)c(OCc3ccc(Cl)cc3Cl)c(I)c2CN1C(=O)/C=C/c1ccccc1F. The molecule has 1 heterocycles. The van der Waals surface area contributed by atoms with E-state index in [9.17, 15) is 19.1 Å². The summed E-state index contributed by atoms with van der Waals surface area (Å²) < 4.78 is 21.7. The molecule has 0 saturated heterocycles. The molecule has 1 N–H and O–H groups in total. The Morgan fingerprint density at radius 2 is 1.92 bits per heavy atom. The van der Waals surface area contributed by atoms with Crippen LogP contribution in [0.25, 0.3) is 6.08 Å². The van der Waals surface area contributed by atoms with Gasteiger partial charge < -0.3 is 14.7 Å². The molecule has 0 radical (unpaired) electrons. The molecule has 3 aromatic rings. The van der Waals surface area contributed by atoms with Crippen LogP contribution in [0.5, 0.6) is 5.75 Å². The van der Waals surface area contributed by atoms with E-state index in [4.69, 9.17) is 27.9 Å². The number of carbonyl (C=O) groups excluding carboxylic acids is 1. The number of halogens is 5. The maximum atomic E-state index is 14.0. The van der Waals surface area contributed by atoms with Crippen LogP contribution in [0, 0.1) is 13.0 Å². The van der Waals surface area contributed by atoms with Gasteiger partial charge >= 0.3 is 5.97 Å². The summed E-state index contributed by atoms with van der Waals surface area (Å²) in [7, 11) is 0. The van der Waals surface area contributed by atoms with Crippen LogP contribution in [-0.2, 0) is 29.2 Å². The minimum atomic E-state index is -1.10. The van der Waals surface area contributed by atoms with E-state index in [1.165, 1.54) is 23.1 Å². The molecule has 1 aliphatic rings. The second-order valence-electron chi connectivity index (χ2n) is 8.04. The van der Waals surface area contributed by atoms with Crippen molar-refractivity contribution in [2.75, 3.05) is 0 Å². The first-order valence-corrected chi connectivity index (χ1v) is 13.6. The van der Waals surface area contributed by atoms with Crippen molar-refractivity contribution >= 4 is 86.3 Å². The lowest BCUT2D eigenvalue weighted by molar-refractivity contribution is -0.149. The van der Waals surface area contributed by atoms with Crippen LogP contribution in [0.1, 0.15) is 22.3 Å². The summed E-state index contributed by atoms with van der Waals surface area (Å²) in [4.78, 5) is 26.4. The summed E-state index contributed by atoms with van der Waals surface area (Å²) in [5, 5.41) is 10.9. The van der Waals surface area contributed by atoms with Crippen LogP contribution in [-0.4, -0.2) is 27.9 Å². The van der Waals surface area contributed by atoms with Gasteiger partial charge in [0, 0.05) is 40.2 Å². The van der Waals surface area contributed by atoms with E-state index in [1.807, 2.05) is 6.07 Å². The van der Waals surface area contributed by atoms with Gasteiger partial charge in [0.25, 0.3) is 0 Å². The fourth-order valence-corrected chi connectivity index (χ4v) is 6.62. The Kier molecular flexibility index (Phi) is 8.79. The Bertz CT molecular complexity index is 1380. The normalized spacial score (nSPS) is 15.1. The van der Waals surface area contributed by atoms with Crippen LogP contribution < -0.4 is 4.74 Å². The zero-order valence-corrected chi connectivity index (χ0v) is 24.3. The van der Waals surface area contributed by atoms with Crippen LogP contribution in [0.15, 0.2) is 54.6 Å². The average molecular weight is 752 g/mol. The van der Waals surface area contributed by atoms with Gasteiger partial charge in [-0.05, 0) is 86.7 Å². The third kappa shape index (κ3) is 5.98. The lowest BCUT2D eigenvalue weighted by Gasteiger charge is -2.35. The fourth-order valence-electron chi connectivity index (χ4n) is 3.88. The van der Waals surface area contributed by atoms with Crippen molar-refractivity contribution in [3.05, 3.63) is 99.9 Å². The first-order chi connectivity index (χ1) is 17.2. The third-order valence-corrected chi connectivity index (χ3v) is 8.28. The van der Waals surface area contributed by atoms with E-state index in [2.05, 4.69) is 45.2 Å². The van der Waals surface area contributed by atoms with Crippen molar-refractivity contribution in [3.63, 3.8) is 0 Å². The molecule has 0 saturated carbocycles. The number of hydrogen-bond acceptors (Lipinski definition) is 3. The van der Waals surface area contributed by atoms with E-state index in [-0.39, 0.29) is 25.1 Å². The Morgan fingerprint density at radius 3 is 2.61 bits per heavy atom. The van der Waals surface area contributed by atoms with Gasteiger partial charge in [0.05, 0.1) is 7.14 Å². The number of carboxylic acid groups (broad SMARTS) is 1. The highest BCUT2D eigenvalue weighted by Gasteiger charge is 2.36. The molecule has 10 heteroatoms. The number of benzene rings is 3. The van der Waals surface area contributed by atoms with E-state index in [1.54, 1.807) is 36.4 Å². The Morgan fingerprint density at radius 1 is 1.17 bits per heavy atom. The molecule has 4 rings (SSSR count). The van der Waals surface area contributed by atoms with Crippen molar-refractivity contribution < 1.29 is 23.8 Å². The van der Waals surface area contributed by atoms with E-state index < -0.39 is 23.7 Å². The highest BCUT2D eigenvalue weighted by molar-refractivity contribution is 14.1. The third-order valence-electron chi connectivity index (χ3n) is 5.75. The quantitative estimate of drug-likeness (QED) is 0.218. The Hall–Kier alpha value is -1.89. The van der Waals surface area contributed by atoms with E-state index >= 15 is 0 Å². The van der Waals surface area contributed by atoms with Crippen molar-refractivity contribution in [1.82, 2.24) is 4.90 Å². The van der Waals surface area contributed by atoms with Crippen LogP contribution in [0.3, 0.4) is 0 Å². The lowest BCUT2D eigenvalue weighted by atomic mass is 9.93. The number of nitrogens with zero attached hydrogens (tertiary/aromatic N) is 1. The molecule has 36 heavy (non-hydrogen) atoms. The molecule has 5 nitrogen and oxygen atoms in total. The maximum absolute atomic E-state index is 14.0. The Labute approximate surface area is 244 Å². The van der Waals surface area contributed by atoms with E-state index in [0.717, 1.165) is 23.8 Å². The van der Waals surface area contributed by atoms with Gasteiger partial charge in [0.1, 0.15) is 24.2 Å². The lowest BCUT2D eigenvalue weighted by Crippen LogP contribution is -2.48. The minimum absolute atomic E-state index is 0.0833. The van der Waals surface area contributed by atoms with Gasteiger partial charge in [0.2, 0.25) is 5.91 Å². The second kappa shape index (κ2) is 11.7. The maximum Gasteiger partial charge on any atom is 0.326 e. The molecule has 0 spiro atoms. The molecule has 0 aliphatic carbocycles. The molecule has 1 atom stereocenters. The summed E-state index contributed by atoms with van der Waals surface area (Å²) >= 11 is 16.6. The first-order valence-electron chi connectivity index (χ1n) is 10.7. The van der Waals surface area contributed by atoms with Gasteiger partial charge in [-0.15, -0.1) is 0 Å². The first kappa shape index (κ1) is 27.2. The minimum Gasteiger partial charge on any atom is -0.487 e. The van der Waals surface area contributed by atoms with Gasteiger partial charge in [-0.2, -0.15) is 0 Å². The van der Waals surface area contributed by atoms with Crippen LogP contribution in [0.4, 0.5) is 4.39 Å². The average Bonchev–Trinajstić information content (AvgIpc) is 2.83. The molecule has 3 aromatic carbocycles. The standard InChI is InChI=1S/C26H18Cl2FI2NO4/c27-17-7-5-15(19(28)11-17)13-36-25-21(30)9-16-10-22(26(34)35)32(12-18(16)24(25)31)23(33)8-6-14-3-1-2-4-20(14)29/h1-9,11,22H,10,12-13H2,(H,34,35)/b8-6+/t22-/m0/s1. The van der Waals surface area contributed by atoms with Crippen molar-refractivity contribution in [2.24, 2.45) is 0 Å². The van der Waals surface area contributed by atoms with Gasteiger partial charge in [-0.25, -0.2) is 9.18 Å². The summed E-state index contributed by atoms with van der Waals surface area (Å²) in [5.41, 5.74) is 2.68. The molecule has 0 unspecified atom stereocenters. The number of carboxylic acids is 1. The predicted molar refractivity (Wildman–Crippen MR) is 154 cm³/mol. The summed E-state index contributed by atoms with van der Waals surface area (Å²) in [6.45, 7) is 0.298. The van der Waals surface area contributed by atoms with Gasteiger partial charge in [0.15, 0.2) is 0 Å². The predicted octanol–water partition coefficient (Wildman–Crippen LogP) is 6.97. The number of hydrogen-bond donors (Lipinski definition) is 1. The van der Waals surface area contributed by atoms with Crippen LogP contribution in [0.2, 0.25) is 10.0 Å². The topological polar surface area (TPSA) is 66.8 Å². The molecule has 186 valence electrons. The smallest absolute Gasteiger partial charge is 0.326 e. The van der Waals surface area contributed by atoms with Crippen molar-refractivity contribution in [3.8, 4) is 5.75 Å². The molecule has 0 fully saturated rings. The number of fused-ring (bicyclic) bond motifs is 1. The molecule has 1 amide bonds. The molecule has 0 bridgehead atoms. The largest absolute Gasteiger partial charge is 0.487 e. The molecule has 1 aliphatic heterocycles. The number of carbonyl (C=O) groups is 2.